The molecule has 1 aliphatic rings. The van der Waals surface area contributed by atoms with Crippen LogP contribution in [0.15, 0.2) is 21.1 Å². The number of rotatable bonds is 6. The van der Waals surface area contributed by atoms with Crippen molar-refractivity contribution in [1.82, 2.24) is 5.32 Å². The first-order chi connectivity index (χ1) is 9.13. The van der Waals surface area contributed by atoms with Gasteiger partial charge in [-0.25, -0.2) is 0 Å². The molecule has 1 aromatic rings. The van der Waals surface area contributed by atoms with Gasteiger partial charge in [-0.3, -0.25) is 0 Å². The Kier molecular flexibility index (Phi) is 5.54. The summed E-state index contributed by atoms with van der Waals surface area (Å²) in [5.41, 5.74) is 0. The summed E-state index contributed by atoms with van der Waals surface area (Å²) in [5.74, 6) is 1.67. The van der Waals surface area contributed by atoms with E-state index in [9.17, 15) is 0 Å². The van der Waals surface area contributed by atoms with Crippen molar-refractivity contribution < 1.29 is 9.47 Å². The summed E-state index contributed by atoms with van der Waals surface area (Å²) >= 11 is 7.00. The molecule has 1 aliphatic carbocycles. The maximum Gasteiger partial charge on any atom is 0.135 e. The predicted molar refractivity (Wildman–Crippen MR) is 84.1 cm³/mol. The van der Waals surface area contributed by atoms with E-state index in [1.54, 1.807) is 7.11 Å². The smallest absolute Gasteiger partial charge is 0.135 e. The van der Waals surface area contributed by atoms with Crippen LogP contribution in [0.3, 0.4) is 0 Å². The Morgan fingerprint density at radius 3 is 2.47 bits per heavy atom. The van der Waals surface area contributed by atoms with Crippen LogP contribution in [-0.4, -0.2) is 25.8 Å². The molecule has 0 unspecified atom stereocenters. The van der Waals surface area contributed by atoms with E-state index >= 15 is 0 Å². The minimum Gasteiger partial charge on any atom is -0.496 e. The number of ether oxygens (including phenoxy) is 2. The van der Waals surface area contributed by atoms with Crippen LogP contribution in [0.4, 0.5) is 0 Å². The average Bonchev–Trinajstić information content (AvgIpc) is 2.35. The van der Waals surface area contributed by atoms with E-state index in [2.05, 4.69) is 44.1 Å². The van der Waals surface area contributed by atoms with Gasteiger partial charge < -0.3 is 14.8 Å². The maximum absolute atomic E-state index is 6.00. The summed E-state index contributed by atoms with van der Waals surface area (Å²) in [5, 5.41) is 3.51. The lowest BCUT2D eigenvalue weighted by molar-refractivity contribution is 0.0844. The molecule has 1 fully saturated rings. The van der Waals surface area contributed by atoms with Crippen molar-refractivity contribution in [3.63, 3.8) is 0 Å². The first kappa shape index (κ1) is 15.1. The Morgan fingerprint density at radius 2 is 1.84 bits per heavy atom. The number of hydrogen-bond acceptors (Lipinski definition) is 3. The van der Waals surface area contributed by atoms with Crippen LogP contribution in [-0.2, 0) is 0 Å². The highest BCUT2D eigenvalue weighted by molar-refractivity contribution is 9.11. The molecule has 3 nitrogen and oxygen atoms in total. The van der Waals surface area contributed by atoms with Gasteiger partial charge in [0.25, 0.3) is 0 Å². The van der Waals surface area contributed by atoms with Crippen LogP contribution in [0.1, 0.15) is 26.2 Å². The van der Waals surface area contributed by atoms with Crippen molar-refractivity contribution in [3.8, 4) is 11.5 Å². The molecule has 0 aromatic heterocycles. The van der Waals surface area contributed by atoms with Crippen molar-refractivity contribution >= 4 is 31.9 Å². The van der Waals surface area contributed by atoms with Crippen molar-refractivity contribution in [2.75, 3.05) is 13.7 Å². The first-order valence-corrected chi connectivity index (χ1v) is 8.15. The molecule has 0 saturated heterocycles. The normalized spacial score (nSPS) is 21.9. The Hall–Kier alpha value is -0.260. The number of halogens is 2. The van der Waals surface area contributed by atoms with E-state index < -0.39 is 0 Å². The Bertz CT molecular complexity index is 434. The molecule has 0 bridgehead atoms. The molecule has 0 spiro atoms. The van der Waals surface area contributed by atoms with Crippen molar-refractivity contribution in [1.29, 1.82) is 0 Å². The Balaban J connectivity index is 1.89. The summed E-state index contributed by atoms with van der Waals surface area (Å²) in [4.78, 5) is 0. The van der Waals surface area contributed by atoms with Gasteiger partial charge in [0.15, 0.2) is 0 Å². The Labute approximate surface area is 131 Å². The highest BCUT2D eigenvalue weighted by Crippen LogP contribution is 2.38. The fourth-order valence-corrected chi connectivity index (χ4v) is 3.01. The summed E-state index contributed by atoms with van der Waals surface area (Å²) < 4.78 is 13.1. The van der Waals surface area contributed by atoms with Gasteiger partial charge >= 0.3 is 0 Å². The SMILES string of the molecule is CCCNC1CC(Oc2cc(Br)c(OC)cc2Br)C1. The molecule has 0 heterocycles. The topological polar surface area (TPSA) is 30.5 Å². The zero-order chi connectivity index (χ0) is 13.8. The lowest BCUT2D eigenvalue weighted by Crippen LogP contribution is -2.47. The van der Waals surface area contributed by atoms with E-state index in [0.29, 0.717) is 12.1 Å². The third-order valence-electron chi connectivity index (χ3n) is 3.28. The zero-order valence-electron chi connectivity index (χ0n) is 11.2. The number of hydrogen-bond donors (Lipinski definition) is 1. The van der Waals surface area contributed by atoms with Gasteiger partial charge in [0.2, 0.25) is 0 Å². The van der Waals surface area contributed by atoms with Crippen LogP contribution >= 0.6 is 31.9 Å². The lowest BCUT2D eigenvalue weighted by atomic mass is 9.89. The van der Waals surface area contributed by atoms with E-state index in [0.717, 1.165) is 39.8 Å². The molecule has 1 aromatic carbocycles. The highest BCUT2D eigenvalue weighted by atomic mass is 79.9. The van der Waals surface area contributed by atoms with E-state index in [1.165, 1.54) is 6.42 Å². The van der Waals surface area contributed by atoms with E-state index in [-0.39, 0.29) is 0 Å². The van der Waals surface area contributed by atoms with Crippen LogP contribution in [0.25, 0.3) is 0 Å². The minimum atomic E-state index is 0.311. The van der Waals surface area contributed by atoms with Crippen LogP contribution in [0.5, 0.6) is 11.5 Å². The largest absolute Gasteiger partial charge is 0.496 e. The monoisotopic (exact) mass is 391 g/mol. The summed E-state index contributed by atoms with van der Waals surface area (Å²) in [6.07, 6.45) is 3.65. The molecule has 0 aliphatic heterocycles. The Morgan fingerprint density at radius 1 is 1.21 bits per heavy atom. The minimum absolute atomic E-state index is 0.311. The average molecular weight is 393 g/mol. The van der Waals surface area contributed by atoms with E-state index in [1.807, 2.05) is 12.1 Å². The molecule has 19 heavy (non-hydrogen) atoms. The van der Waals surface area contributed by atoms with Crippen LogP contribution < -0.4 is 14.8 Å². The molecule has 0 amide bonds. The summed E-state index contributed by atoms with van der Waals surface area (Å²) in [6.45, 7) is 3.28. The molecule has 1 saturated carbocycles. The van der Waals surface area contributed by atoms with Crippen molar-refractivity contribution in [2.45, 2.75) is 38.3 Å². The second-order valence-electron chi connectivity index (χ2n) is 4.78. The number of nitrogens with one attached hydrogen (secondary N) is 1. The number of benzene rings is 1. The molecule has 5 heteroatoms. The molecule has 0 atom stereocenters. The van der Waals surface area contributed by atoms with Gasteiger partial charge in [-0.1, -0.05) is 6.92 Å². The van der Waals surface area contributed by atoms with Crippen molar-refractivity contribution in [2.24, 2.45) is 0 Å². The van der Waals surface area contributed by atoms with Gasteiger partial charge in [-0.05, 0) is 69.8 Å². The molecule has 1 N–H and O–H groups in total. The molecule has 0 radical (unpaired) electrons. The predicted octanol–water partition coefficient (Wildman–Crippen LogP) is 4.13. The van der Waals surface area contributed by atoms with Gasteiger partial charge in [-0.2, -0.15) is 0 Å². The summed E-state index contributed by atoms with van der Waals surface area (Å²) in [6, 6.07) is 4.49. The fourth-order valence-electron chi connectivity index (χ4n) is 2.11. The molecule has 2 rings (SSSR count). The molecular weight excluding hydrogens is 374 g/mol. The van der Waals surface area contributed by atoms with Crippen LogP contribution in [0, 0.1) is 0 Å². The molecule has 106 valence electrons. The van der Waals surface area contributed by atoms with Gasteiger partial charge in [-0.15, -0.1) is 0 Å². The van der Waals surface area contributed by atoms with Gasteiger partial charge in [0, 0.05) is 6.04 Å². The summed E-state index contributed by atoms with van der Waals surface area (Å²) in [7, 11) is 1.66. The quantitative estimate of drug-likeness (QED) is 0.789. The van der Waals surface area contributed by atoms with E-state index in [4.69, 9.17) is 9.47 Å². The molecular formula is C14H19Br2NO2. The van der Waals surface area contributed by atoms with Crippen molar-refractivity contribution in [3.05, 3.63) is 21.1 Å². The first-order valence-electron chi connectivity index (χ1n) is 6.57. The highest BCUT2D eigenvalue weighted by Gasteiger charge is 2.30. The van der Waals surface area contributed by atoms with Gasteiger partial charge in [0.05, 0.1) is 16.1 Å². The van der Waals surface area contributed by atoms with Crippen LogP contribution in [0.2, 0.25) is 0 Å². The lowest BCUT2D eigenvalue weighted by Gasteiger charge is -2.36. The zero-order valence-corrected chi connectivity index (χ0v) is 14.4. The fraction of sp³-hybridized carbons (Fsp3) is 0.571. The standard InChI is InChI=1S/C14H19Br2NO2/c1-3-4-17-9-5-10(6-9)19-14-8-11(15)13(18-2)7-12(14)16/h7-10,17H,3-6H2,1-2H3. The number of methoxy groups -OCH3 is 1. The third-order valence-corrected chi connectivity index (χ3v) is 4.52. The second kappa shape index (κ2) is 6.95. The third kappa shape index (κ3) is 3.86. The second-order valence-corrected chi connectivity index (χ2v) is 6.49. The maximum atomic E-state index is 6.00. The van der Waals surface area contributed by atoms with Gasteiger partial charge in [0.1, 0.15) is 17.6 Å².